The van der Waals surface area contributed by atoms with Crippen LogP contribution in [0, 0.1) is 6.92 Å². The highest BCUT2D eigenvalue weighted by atomic mass is 15.1. The number of likely N-dealkylation sites (tertiary alicyclic amines) is 1. The van der Waals surface area contributed by atoms with Crippen LogP contribution in [0.1, 0.15) is 24.0 Å². The third kappa shape index (κ3) is 2.36. The average molecular weight is 189 g/mol. The summed E-state index contributed by atoms with van der Waals surface area (Å²) in [6.45, 7) is 6.07. The molecule has 0 aliphatic carbocycles. The largest absolute Gasteiger partial charge is 0.303 e. The lowest BCUT2D eigenvalue weighted by Gasteiger charge is -2.14. The number of aryl methyl sites for hydroxylation is 1. The van der Waals surface area contributed by atoms with Crippen molar-refractivity contribution in [1.82, 2.24) is 4.90 Å². The molecule has 1 heterocycles. The zero-order chi connectivity index (χ0) is 9.80. The minimum Gasteiger partial charge on any atom is -0.303 e. The molecule has 0 radical (unpaired) electrons. The number of nitrogens with zero attached hydrogens (tertiary/aromatic N) is 1. The number of hydrogen-bond donors (Lipinski definition) is 0. The van der Waals surface area contributed by atoms with E-state index < -0.39 is 0 Å². The van der Waals surface area contributed by atoms with Gasteiger partial charge in [0.05, 0.1) is 0 Å². The normalized spacial score (nSPS) is 17.5. The summed E-state index contributed by atoms with van der Waals surface area (Å²) in [5.41, 5.74) is 2.95. The molecule has 1 aliphatic heterocycles. The van der Waals surface area contributed by atoms with Crippen LogP contribution < -0.4 is 0 Å². The maximum absolute atomic E-state index is 2.58. The number of hydrogen-bond acceptors (Lipinski definition) is 1. The van der Waals surface area contributed by atoms with Crippen LogP contribution in [0.15, 0.2) is 24.3 Å². The van der Waals surface area contributed by atoms with Crippen LogP contribution in [0.4, 0.5) is 0 Å². The van der Waals surface area contributed by atoms with Crippen LogP contribution >= 0.6 is 0 Å². The Hall–Kier alpha value is -0.820. The van der Waals surface area contributed by atoms with Gasteiger partial charge in [-0.25, -0.2) is 0 Å². The summed E-state index contributed by atoms with van der Waals surface area (Å²) in [5.74, 6) is 0. The van der Waals surface area contributed by atoms with Crippen LogP contribution in [0.5, 0.6) is 0 Å². The van der Waals surface area contributed by atoms with Gasteiger partial charge in [0, 0.05) is 6.54 Å². The molecule has 1 aromatic carbocycles. The molecule has 1 aromatic rings. The van der Waals surface area contributed by atoms with Crippen LogP contribution in [0.3, 0.4) is 0 Å². The second kappa shape index (κ2) is 4.61. The molecule has 0 unspecified atom stereocenters. The number of benzene rings is 1. The minimum atomic E-state index is 1.21. The Balaban J connectivity index is 1.88. The zero-order valence-corrected chi connectivity index (χ0v) is 9.00. The summed E-state index contributed by atoms with van der Waals surface area (Å²) in [6, 6.07) is 8.73. The van der Waals surface area contributed by atoms with E-state index in [4.69, 9.17) is 0 Å². The average Bonchev–Trinajstić information content (AvgIpc) is 2.69. The molecule has 1 nitrogen and oxygen atoms in total. The van der Waals surface area contributed by atoms with E-state index in [0.29, 0.717) is 0 Å². The Kier molecular flexibility index (Phi) is 3.20. The van der Waals surface area contributed by atoms with Gasteiger partial charge in [0.25, 0.3) is 0 Å². The van der Waals surface area contributed by atoms with Crippen molar-refractivity contribution in [2.24, 2.45) is 0 Å². The summed E-state index contributed by atoms with van der Waals surface area (Å²) >= 11 is 0. The molecule has 1 aliphatic rings. The molecule has 76 valence electrons. The van der Waals surface area contributed by atoms with Gasteiger partial charge in [-0.1, -0.05) is 24.3 Å². The third-order valence-corrected chi connectivity index (χ3v) is 3.16. The molecule has 0 atom stereocenters. The smallest absolute Gasteiger partial charge is 0.00219 e. The van der Waals surface area contributed by atoms with Crippen molar-refractivity contribution in [3.63, 3.8) is 0 Å². The molecule has 0 aromatic heterocycles. The van der Waals surface area contributed by atoms with E-state index >= 15 is 0 Å². The first-order chi connectivity index (χ1) is 6.86. The van der Waals surface area contributed by atoms with Crippen molar-refractivity contribution in [2.45, 2.75) is 26.2 Å². The van der Waals surface area contributed by atoms with Gasteiger partial charge in [0.15, 0.2) is 0 Å². The van der Waals surface area contributed by atoms with Gasteiger partial charge in [-0.15, -0.1) is 0 Å². The molecule has 2 rings (SSSR count). The van der Waals surface area contributed by atoms with E-state index in [2.05, 4.69) is 36.1 Å². The monoisotopic (exact) mass is 189 g/mol. The summed E-state index contributed by atoms with van der Waals surface area (Å²) in [7, 11) is 0. The predicted octanol–water partition coefficient (Wildman–Crippen LogP) is 2.63. The van der Waals surface area contributed by atoms with E-state index in [1.807, 2.05) is 0 Å². The fraction of sp³-hybridized carbons (Fsp3) is 0.538. The maximum atomic E-state index is 2.58. The second-order valence-corrected chi connectivity index (χ2v) is 4.23. The van der Waals surface area contributed by atoms with Gasteiger partial charge in [-0.3, -0.25) is 0 Å². The first-order valence-corrected chi connectivity index (χ1v) is 5.63. The summed E-state index contributed by atoms with van der Waals surface area (Å²) < 4.78 is 0. The summed E-state index contributed by atoms with van der Waals surface area (Å²) in [6.07, 6.45) is 4.01. The first-order valence-electron chi connectivity index (χ1n) is 5.63. The predicted molar refractivity (Wildman–Crippen MR) is 60.6 cm³/mol. The molecule has 0 amide bonds. The van der Waals surface area contributed by atoms with Crippen LogP contribution in [-0.4, -0.2) is 24.5 Å². The SMILES string of the molecule is Cc1ccccc1CCN1CCCC1. The second-order valence-electron chi connectivity index (χ2n) is 4.23. The van der Waals surface area contributed by atoms with Crippen molar-refractivity contribution >= 4 is 0 Å². The van der Waals surface area contributed by atoms with Gasteiger partial charge in [-0.2, -0.15) is 0 Å². The standard InChI is InChI=1S/C13H19N/c1-12-6-2-3-7-13(12)8-11-14-9-4-5-10-14/h2-3,6-7H,4-5,8-11H2,1H3. The Morgan fingerprint density at radius 3 is 2.57 bits per heavy atom. The van der Waals surface area contributed by atoms with Crippen molar-refractivity contribution in [1.29, 1.82) is 0 Å². The Labute approximate surface area is 86.7 Å². The lowest BCUT2D eigenvalue weighted by molar-refractivity contribution is 0.343. The highest BCUT2D eigenvalue weighted by Gasteiger charge is 2.10. The molecule has 0 bridgehead atoms. The van der Waals surface area contributed by atoms with E-state index in [1.54, 1.807) is 0 Å². The van der Waals surface area contributed by atoms with Crippen molar-refractivity contribution in [3.05, 3.63) is 35.4 Å². The topological polar surface area (TPSA) is 3.24 Å². The zero-order valence-electron chi connectivity index (χ0n) is 9.00. The highest BCUT2D eigenvalue weighted by Crippen LogP contribution is 2.11. The maximum Gasteiger partial charge on any atom is 0.00219 e. The van der Waals surface area contributed by atoms with Gasteiger partial charge in [-0.05, 0) is 50.4 Å². The molecule has 14 heavy (non-hydrogen) atoms. The van der Waals surface area contributed by atoms with Crippen molar-refractivity contribution in [3.8, 4) is 0 Å². The molecular weight excluding hydrogens is 170 g/mol. The molecule has 1 heteroatoms. The Bertz CT molecular complexity index is 287. The van der Waals surface area contributed by atoms with Crippen molar-refractivity contribution < 1.29 is 0 Å². The van der Waals surface area contributed by atoms with Crippen molar-refractivity contribution in [2.75, 3.05) is 19.6 Å². The Morgan fingerprint density at radius 2 is 1.86 bits per heavy atom. The lowest BCUT2D eigenvalue weighted by atomic mass is 10.1. The third-order valence-electron chi connectivity index (χ3n) is 3.16. The van der Waals surface area contributed by atoms with Crippen LogP contribution in [0.25, 0.3) is 0 Å². The van der Waals surface area contributed by atoms with Gasteiger partial charge >= 0.3 is 0 Å². The Morgan fingerprint density at radius 1 is 1.14 bits per heavy atom. The lowest BCUT2D eigenvalue weighted by Crippen LogP contribution is -2.22. The molecule has 0 N–H and O–H groups in total. The van der Waals surface area contributed by atoms with Gasteiger partial charge < -0.3 is 4.90 Å². The fourth-order valence-corrected chi connectivity index (χ4v) is 2.18. The van der Waals surface area contributed by atoms with Crippen LogP contribution in [0.2, 0.25) is 0 Å². The quantitative estimate of drug-likeness (QED) is 0.706. The van der Waals surface area contributed by atoms with E-state index in [9.17, 15) is 0 Å². The number of rotatable bonds is 3. The summed E-state index contributed by atoms with van der Waals surface area (Å²) in [5, 5.41) is 0. The molecule has 0 spiro atoms. The first kappa shape index (κ1) is 9.72. The van der Waals surface area contributed by atoms with E-state index in [-0.39, 0.29) is 0 Å². The highest BCUT2D eigenvalue weighted by molar-refractivity contribution is 5.25. The summed E-state index contributed by atoms with van der Waals surface area (Å²) in [4.78, 5) is 2.58. The molecule has 1 saturated heterocycles. The molecule has 0 saturated carbocycles. The van der Waals surface area contributed by atoms with Crippen LogP contribution in [-0.2, 0) is 6.42 Å². The van der Waals surface area contributed by atoms with Gasteiger partial charge in [0.1, 0.15) is 0 Å². The molecule has 1 fully saturated rings. The van der Waals surface area contributed by atoms with Gasteiger partial charge in [0.2, 0.25) is 0 Å². The fourth-order valence-electron chi connectivity index (χ4n) is 2.18. The van der Waals surface area contributed by atoms with E-state index in [1.165, 1.54) is 50.0 Å². The van der Waals surface area contributed by atoms with E-state index in [0.717, 1.165) is 0 Å². The minimum absolute atomic E-state index is 1.21. The molecular formula is C13H19N.